The summed E-state index contributed by atoms with van der Waals surface area (Å²) >= 11 is 0. The Labute approximate surface area is 142 Å². The van der Waals surface area contributed by atoms with E-state index < -0.39 is 43.5 Å². The molecule has 1 heterocycles. The first-order valence-electron chi connectivity index (χ1n) is 7.28. The van der Waals surface area contributed by atoms with Crippen LogP contribution in [0.15, 0.2) is 23.1 Å². The van der Waals surface area contributed by atoms with E-state index in [1.165, 1.54) is 32.4 Å². The third-order valence-corrected chi connectivity index (χ3v) is 7.67. The maximum Gasteiger partial charge on any atom is 0.247 e. The Hall–Kier alpha value is -1.36. The van der Waals surface area contributed by atoms with Crippen LogP contribution in [0.5, 0.6) is 11.5 Å². The van der Waals surface area contributed by atoms with Crippen molar-refractivity contribution in [3.8, 4) is 11.5 Å². The van der Waals surface area contributed by atoms with E-state index in [1.54, 1.807) is 6.92 Å². The molecular weight excluding hydrogens is 358 g/mol. The van der Waals surface area contributed by atoms with E-state index in [2.05, 4.69) is 0 Å². The number of methoxy groups -OCH3 is 2. The maximum absolute atomic E-state index is 13.0. The Kier molecular flexibility index (Phi) is 5.43. The van der Waals surface area contributed by atoms with Crippen LogP contribution in [0.1, 0.15) is 6.92 Å². The van der Waals surface area contributed by atoms with Crippen LogP contribution in [0.4, 0.5) is 0 Å². The fourth-order valence-corrected chi connectivity index (χ4v) is 6.48. The van der Waals surface area contributed by atoms with Crippen LogP contribution in [-0.2, 0) is 19.9 Å². The van der Waals surface area contributed by atoms with E-state index in [0.29, 0.717) is 5.75 Å². The van der Waals surface area contributed by atoms with Crippen molar-refractivity contribution in [3.63, 3.8) is 0 Å². The number of likely N-dealkylation sites (N-methyl/N-ethyl adjacent to an activating group) is 1. The highest BCUT2D eigenvalue weighted by Crippen LogP contribution is 2.33. The summed E-state index contributed by atoms with van der Waals surface area (Å²) in [5, 5.41) is 10.0. The fourth-order valence-electron chi connectivity index (χ4n) is 2.78. The number of hydrogen-bond donors (Lipinski definition) is 1. The van der Waals surface area contributed by atoms with Gasteiger partial charge in [-0.05, 0) is 12.1 Å². The molecule has 1 aromatic rings. The molecule has 0 saturated carbocycles. The van der Waals surface area contributed by atoms with E-state index >= 15 is 0 Å². The summed E-state index contributed by atoms with van der Waals surface area (Å²) in [6, 6.07) is 3.23. The van der Waals surface area contributed by atoms with Crippen LogP contribution in [-0.4, -0.2) is 70.7 Å². The van der Waals surface area contributed by atoms with Gasteiger partial charge in [-0.3, -0.25) is 0 Å². The minimum atomic E-state index is -4.06. The predicted octanol–water partition coefficient (Wildman–Crippen LogP) is -0.128. The molecule has 1 fully saturated rings. The minimum absolute atomic E-state index is 0.0226. The Morgan fingerprint density at radius 3 is 2.38 bits per heavy atom. The van der Waals surface area contributed by atoms with Gasteiger partial charge in [-0.15, -0.1) is 0 Å². The molecule has 0 radical (unpaired) electrons. The molecule has 0 unspecified atom stereocenters. The average molecular weight is 379 g/mol. The molecule has 1 saturated heterocycles. The first-order chi connectivity index (χ1) is 11.2. The van der Waals surface area contributed by atoms with Gasteiger partial charge in [0.05, 0.1) is 37.9 Å². The molecule has 1 aromatic carbocycles. The lowest BCUT2D eigenvalue weighted by atomic mass is 10.2. The third-order valence-electron chi connectivity index (χ3n) is 3.93. The summed E-state index contributed by atoms with van der Waals surface area (Å²) in [7, 11) is -4.76. The summed E-state index contributed by atoms with van der Waals surface area (Å²) in [4.78, 5) is -0.107. The highest BCUT2D eigenvalue weighted by atomic mass is 32.2. The van der Waals surface area contributed by atoms with Gasteiger partial charge in [-0.1, -0.05) is 6.92 Å². The second-order valence-corrected chi connectivity index (χ2v) is 9.45. The molecule has 1 aliphatic heterocycles. The highest BCUT2D eigenvalue weighted by molar-refractivity contribution is 7.92. The van der Waals surface area contributed by atoms with Gasteiger partial charge >= 0.3 is 0 Å². The number of rotatable bonds is 6. The standard InChI is InChI=1S/C14H21NO7S2/c1-4-15(11-8-23(17,18)9-12(11)16)24(19,20)14-6-5-10(21-2)7-13(14)22-3/h5-7,11-12,16H,4,8-9H2,1-3H3/t11-,12-/m1/s1. The quantitative estimate of drug-likeness (QED) is 0.733. The second-order valence-electron chi connectivity index (χ2n) is 5.44. The van der Waals surface area contributed by atoms with Gasteiger partial charge in [0, 0.05) is 12.6 Å². The second kappa shape index (κ2) is 6.87. The van der Waals surface area contributed by atoms with E-state index in [1.807, 2.05) is 0 Å². The summed E-state index contributed by atoms with van der Waals surface area (Å²) in [6.07, 6.45) is -1.26. The summed E-state index contributed by atoms with van der Waals surface area (Å²) in [5.74, 6) is -0.330. The monoisotopic (exact) mass is 379 g/mol. The molecule has 2 rings (SSSR count). The lowest BCUT2D eigenvalue weighted by Crippen LogP contribution is -2.46. The molecule has 1 aliphatic rings. The van der Waals surface area contributed by atoms with E-state index in [-0.39, 0.29) is 17.2 Å². The average Bonchev–Trinajstić information content (AvgIpc) is 2.79. The molecule has 0 aliphatic carbocycles. The Morgan fingerprint density at radius 2 is 1.92 bits per heavy atom. The number of aliphatic hydroxyl groups is 1. The number of hydrogen-bond acceptors (Lipinski definition) is 7. The van der Waals surface area contributed by atoms with Crippen molar-refractivity contribution in [2.45, 2.75) is 24.0 Å². The zero-order valence-corrected chi connectivity index (χ0v) is 15.3. The molecule has 24 heavy (non-hydrogen) atoms. The number of sulfone groups is 1. The molecule has 136 valence electrons. The van der Waals surface area contributed by atoms with Gasteiger partial charge in [0.2, 0.25) is 10.0 Å². The van der Waals surface area contributed by atoms with Crippen LogP contribution in [0.2, 0.25) is 0 Å². The van der Waals surface area contributed by atoms with Crippen LogP contribution >= 0.6 is 0 Å². The largest absolute Gasteiger partial charge is 0.497 e. The van der Waals surface area contributed by atoms with Gasteiger partial charge in [0.25, 0.3) is 0 Å². The van der Waals surface area contributed by atoms with Crippen LogP contribution in [0.3, 0.4) is 0 Å². The van der Waals surface area contributed by atoms with E-state index in [4.69, 9.17) is 9.47 Å². The van der Waals surface area contributed by atoms with Gasteiger partial charge in [-0.2, -0.15) is 4.31 Å². The Balaban J connectivity index is 2.48. The fraction of sp³-hybridized carbons (Fsp3) is 0.571. The summed E-state index contributed by atoms with van der Waals surface area (Å²) < 4.78 is 60.6. The Bertz CT molecular complexity index is 804. The first-order valence-corrected chi connectivity index (χ1v) is 10.5. The summed E-state index contributed by atoms with van der Waals surface area (Å²) in [6.45, 7) is 1.61. The smallest absolute Gasteiger partial charge is 0.247 e. The zero-order valence-electron chi connectivity index (χ0n) is 13.7. The van der Waals surface area contributed by atoms with E-state index in [0.717, 1.165) is 4.31 Å². The van der Waals surface area contributed by atoms with Crippen molar-refractivity contribution in [2.75, 3.05) is 32.3 Å². The molecule has 0 aromatic heterocycles. The van der Waals surface area contributed by atoms with Gasteiger partial charge in [0.15, 0.2) is 9.84 Å². The summed E-state index contributed by atoms with van der Waals surface area (Å²) in [5.41, 5.74) is 0. The SMILES string of the molecule is CCN([C@@H]1CS(=O)(=O)C[C@H]1O)S(=O)(=O)c1ccc(OC)cc1OC. The Morgan fingerprint density at radius 1 is 1.25 bits per heavy atom. The molecule has 0 bridgehead atoms. The van der Waals surface area contributed by atoms with E-state index in [9.17, 15) is 21.9 Å². The van der Waals surface area contributed by atoms with Crippen molar-refractivity contribution in [1.82, 2.24) is 4.31 Å². The van der Waals surface area contributed by atoms with Crippen LogP contribution < -0.4 is 9.47 Å². The van der Waals surface area contributed by atoms with Crippen molar-refractivity contribution in [3.05, 3.63) is 18.2 Å². The van der Waals surface area contributed by atoms with Crippen molar-refractivity contribution in [2.24, 2.45) is 0 Å². The third kappa shape index (κ3) is 3.51. The normalized spacial score (nSPS) is 23.4. The topological polar surface area (TPSA) is 110 Å². The first kappa shape index (κ1) is 19.0. The minimum Gasteiger partial charge on any atom is -0.497 e. The van der Waals surface area contributed by atoms with Gasteiger partial charge in [0.1, 0.15) is 16.4 Å². The van der Waals surface area contributed by atoms with Crippen molar-refractivity contribution in [1.29, 1.82) is 0 Å². The molecule has 0 spiro atoms. The number of benzene rings is 1. The van der Waals surface area contributed by atoms with Crippen molar-refractivity contribution >= 4 is 19.9 Å². The zero-order chi connectivity index (χ0) is 18.1. The molecular formula is C14H21NO7S2. The molecule has 1 N–H and O–H groups in total. The maximum atomic E-state index is 13.0. The van der Waals surface area contributed by atoms with Gasteiger partial charge in [-0.25, -0.2) is 16.8 Å². The number of aliphatic hydroxyl groups excluding tert-OH is 1. The number of sulfonamides is 1. The molecule has 2 atom stereocenters. The van der Waals surface area contributed by atoms with Crippen LogP contribution in [0.25, 0.3) is 0 Å². The predicted molar refractivity (Wildman–Crippen MR) is 87.6 cm³/mol. The molecule has 10 heteroatoms. The number of nitrogens with zero attached hydrogens (tertiary/aromatic N) is 1. The molecule has 8 nitrogen and oxygen atoms in total. The molecule has 0 amide bonds. The lowest BCUT2D eigenvalue weighted by Gasteiger charge is -2.28. The van der Waals surface area contributed by atoms with Crippen molar-refractivity contribution < 1.29 is 31.4 Å². The lowest BCUT2D eigenvalue weighted by molar-refractivity contribution is 0.130. The van der Waals surface area contributed by atoms with Gasteiger partial charge < -0.3 is 14.6 Å². The van der Waals surface area contributed by atoms with Crippen LogP contribution in [0, 0.1) is 0 Å². The highest BCUT2D eigenvalue weighted by Gasteiger charge is 2.44. The number of ether oxygens (including phenoxy) is 2.